The molecule has 1 saturated carbocycles. The molecule has 0 spiro atoms. The minimum atomic E-state index is -1.35. The molecule has 0 amide bonds. The van der Waals surface area contributed by atoms with Crippen LogP contribution >= 0.6 is 23.2 Å². The van der Waals surface area contributed by atoms with Gasteiger partial charge in [0.15, 0.2) is 10.3 Å². The number of rotatable bonds is 1. The Morgan fingerprint density at radius 1 is 1.21 bits per heavy atom. The Hall–Kier alpha value is -0.410. The summed E-state index contributed by atoms with van der Waals surface area (Å²) < 4.78 is 14.3. The second kappa shape index (κ2) is 3.63. The summed E-state index contributed by atoms with van der Waals surface area (Å²) in [4.78, 5) is 0. The molecule has 0 unspecified atom stereocenters. The van der Waals surface area contributed by atoms with Crippen LogP contribution in [0.2, 0.25) is 10.3 Å². The molecule has 1 aromatic heterocycles. The van der Waals surface area contributed by atoms with Crippen LogP contribution in [0.3, 0.4) is 0 Å². The van der Waals surface area contributed by atoms with Gasteiger partial charge in [0, 0.05) is 5.56 Å². The van der Waals surface area contributed by atoms with Gasteiger partial charge in [-0.1, -0.05) is 23.2 Å². The van der Waals surface area contributed by atoms with Gasteiger partial charge in [-0.3, -0.25) is 0 Å². The van der Waals surface area contributed by atoms with Gasteiger partial charge in [-0.05, 0) is 31.7 Å². The van der Waals surface area contributed by atoms with Gasteiger partial charge in [-0.2, -0.15) is 0 Å². The van der Waals surface area contributed by atoms with Crippen molar-refractivity contribution < 1.29 is 4.39 Å². The maximum absolute atomic E-state index is 14.3. The summed E-state index contributed by atoms with van der Waals surface area (Å²) in [6, 6.07) is 1.47. The summed E-state index contributed by atoms with van der Waals surface area (Å²) in [7, 11) is 0. The third-order valence-corrected chi connectivity index (χ3v) is 3.06. The quantitative estimate of drug-likeness (QED) is 0.744. The zero-order valence-electron chi connectivity index (χ0n) is 7.43. The number of hydrogen-bond donors (Lipinski definition) is 0. The van der Waals surface area contributed by atoms with Crippen LogP contribution in [0.15, 0.2) is 6.07 Å². The van der Waals surface area contributed by atoms with Gasteiger partial charge in [-0.25, -0.2) is 4.39 Å². The van der Waals surface area contributed by atoms with Gasteiger partial charge in [0.2, 0.25) is 0 Å². The number of alkyl halides is 1. The first kappa shape index (κ1) is 10.1. The fourth-order valence-corrected chi connectivity index (χ4v) is 2.28. The van der Waals surface area contributed by atoms with E-state index in [9.17, 15) is 4.39 Å². The van der Waals surface area contributed by atoms with Crippen LogP contribution in [0.25, 0.3) is 0 Å². The maximum Gasteiger partial charge on any atom is 0.158 e. The van der Waals surface area contributed by atoms with Crippen molar-refractivity contribution in [2.45, 2.75) is 31.4 Å². The average molecular weight is 235 g/mol. The molecule has 0 radical (unpaired) electrons. The second-order valence-electron chi connectivity index (χ2n) is 3.54. The van der Waals surface area contributed by atoms with Crippen molar-refractivity contribution in [2.24, 2.45) is 0 Å². The topological polar surface area (TPSA) is 25.8 Å². The molecule has 0 saturated heterocycles. The molecular weight excluding hydrogens is 226 g/mol. The molecule has 0 atom stereocenters. The van der Waals surface area contributed by atoms with Crippen molar-refractivity contribution in [2.75, 3.05) is 0 Å². The van der Waals surface area contributed by atoms with E-state index in [-0.39, 0.29) is 10.3 Å². The highest BCUT2D eigenvalue weighted by molar-refractivity contribution is 6.31. The molecule has 0 aromatic carbocycles. The number of nitrogens with zero attached hydrogens (tertiary/aromatic N) is 2. The Morgan fingerprint density at radius 3 is 2.50 bits per heavy atom. The van der Waals surface area contributed by atoms with E-state index in [0.717, 1.165) is 12.8 Å². The summed E-state index contributed by atoms with van der Waals surface area (Å²) in [5.41, 5.74) is -0.965. The highest BCUT2D eigenvalue weighted by atomic mass is 35.5. The maximum atomic E-state index is 14.3. The highest BCUT2D eigenvalue weighted by Crippen LogP contribution is 2.44. The normalized spacial score (nSPS) is 19.9. The summed E-state index contributed by atoms with van der Waals surface area (Å²) >= 11 is 11.5. The van der Waals surface area contributed by atoms with E-state index in [1.54, 1.807) is 0 Å². The summed E-state index contributed by atoms with van der Waals surface area (Å²) in [5, 5.41) is 7.48. The Bertz CT molecular complexity index is 351. The number of aromatic nitrogens is 2. The molecule has 1 aliphatic carbocycles. The third-order valence-electron chi connectivity index (χ3n) is 2.60. The molecule has 5 heteroatoms. The van der Waals surface area contributed by atoms with Crippen molar-refractivity contribution in [1.82, 2.24) is 10.2 Å². The molecule has 1 fully saturated rings. The minimum Gasteiger partial charge on any atom is -0.239 e. The molecule has 76 valence electrons. The highest BCUT2D eigenvalue weighted by Gasteiger charge is 2.38. The molecule has 1 aliphatic rings. The SMILES string of the molecule is FC1(c2cc(Cl)nnc2Cl)CCCC1. The minimum absolute atomic E-state index is 0.124. The lowest BCUT2D eigenvalue weighted by molar-refractivity contribution is 0.174. The smallest absolute Gasteiger partial charge is 0.158 e. The average Bonchev–Trinajstić information content (AvgIpc) is 2.58. The van der Waals surface area contributed by atoms with Gasteiger partial charge in [0.1, 0.15) is 5.67 Å². The fourth-order valence-electron chi connectivity index (χ4n) is 1.87. The summed E-state index contributed by atoms with van der Waals surface area (Å²) in [6.45, 7) is 0. The zero-order valence-corrected chi connectivity index (χ0v) is 8.95. The van der Waals surface area contributed by atoms with Gasteiger partial charge in [-0.15, -0.1) is 10.2 Å². The first-order valence-corrected chi connectivity index (χ1v) is 5.25. The van der Waals surface area contributed by atoms with Crippen molar-refractivity contribution in [3.63, 3.8) is 0 Å². The number of hydrogen-bond acceptors (Lipinski definition) is 2. The molecule has 0 bridgehead atoms. The molecule has 0 aliphatic heterocycles. The van der Waals surface area contributed by atoms with Crippen LogP contribution in [0, 0.1) is 0 Å². The Kier molecular flexibility index (Phi) is 2.62. The van der Waals surface area contributed by atoms with Crippen LogP contribution in [-0.4, -0.2) is 10.2 Å². The van der Waals surface area contributed by atoms with Crippen molar-refractivity contribution in [3.8, 4) is 0 Å². The largest absolute Gasteiger partial charge is 0.239 e. The first-order chi connectivity index (χ1) is 6.62. The van der Waals surface area contributed by atoms with Gasteiger partial charge in [0.25, 0.3) is 0 Å². The van der Waals surface area contributed by atoms with Crippen LogP contribution in [0.1, 0.15) is 31.2 Å². The molecule has 1 aromatic rings. The predicted molar refractivity (Wildman–Crippen MR) is 53.3 cm³/mol. The van der Waals surface area contributed by atoms with Crippen LogP contribution in [0.4, 0.5) is 4.39 Å². The van der Waals surface area contributed by atoms with E-state index in [4.69, 9.17) is 23.2 Å². The summed E-state index contributed by atoms with van der Waals surface area (Å²) in [6.07, 6.45) is 2.75. The van der Waals surface area contributed by atoms with E-state index in [2.05, 4.69) is 10.2 Å². The monoisotopic (exact) mass is 234 g/mol. The molecule has 2 nitrogen and oxygen atoms in total. The lowest BCUT2D eigenvalue weighted by Gasteiger charge is -2.19. The molecule has 2 rings (SSSR count). The standard InChI is InChI=1S/C9H9Cl2FN2/c10-7-5-6(8(11)14-13-7)9(12)3-1-2-4-9/h5H,1-4H2. The zero-order chi connectivity index (χ0) is 10.2. The van der Waals surface area contributed by atoms with E-state index in [1.807, 2.05) is 0 Å². The molecular formula is C9H9Cl2FN2. The fraction of sp³-hybridized carbons (Fsp3) is 0.556. The van der Waals surface area contributed by atoms with Crippen LogP contribution < -0.4 is 0 Å². The Balaban J connectivity index is 2.44. The predicted octanol–water partition coefficient (Wildman–Crippen LogP) is 3.52. The molecule has 0 N–H and O–H groups in total. The third kappa shape index (κ3) is 1.71. The van der Waals surface area contributed by atoms with Gasteiger partial charge in [0.05, 0.1) is 0 Å². The van der Waals surface area contributed by atoms with Crippen LogP contribution in [-0.2, 0) is 5.67 Å². The van der Waals surface area contributed by atoms with Gasteiger partial charge < -0.3 is 0 Å². The van der Waals surface area contributed by atoms with Crippen molar-refractivity contribution in [3.05, 3.63) is 21.9 Å². The van der Waals surface area contributed by atoms with E-state index < -0.39 is 5.67 Å². The van der Waals surface area contributed by atoms with Crippen molar-refractivity contribution >= 4 is 23.2 Å². The second-order valence-corrected chi connectivity index (χ2v) is 4.29. The molecule has 14 heavy (non-hydrogen) atoms. The van der Waals surface area contributed by atoms with Crippen molar-refractivity contribution in [1.29, 1.82) is 0 Å². The van der Waals surface area contributed by atoms with E-state index in [0.29, 0.717) is 18.4 Å². The van der Waals surface area contributed by atoms with E-state index in [1.165, 1.54) is 6.07 Å². The van der Waals surface area contributed by atoms with Gasteiger partial charge >= 0.3 is 0 Å². The Morgan fingerprint density at radius 2 is 1.86 bits per heavy atom. The Labute approximate surface area is 91.4 Å². The first-order valence-electron chi connectivity index (χ1n) is 4.50. The lowest BCUT2D eigenvalue weighted by Crippen LogP contribution is -2.16. The summed E-state index contributed by atoms with van der Waals surface area (Å²) in [5.74, 6) is 0. The van der Waals surface area contributed by atoms with E-state index >= 15 is 0 Å². The lowest BCUT2D eigenvalue weighted by atomic mass is 9.96. The number of halogens is 3. The van der Waals surface area contributed by atoms with Crippen LogP contribution in [0.5, 0.6) is 0 Å². The molecule has 1 heterocycles.